The fourth-order valence-corrected chi connectivity index (χ4v) is 2.62. The molecular weight excluding hydrogens is 299 g/mol. The summed E-state index contributed by atoms with van der Waals surface area (Å²) in [6.07, 6.45) is 0.677. The van der Waals surface area contributed by atoms with Gasteiger partial charge in [0.25, 0.3) is 0 Å². The Morgan fingerprint density at radius 1 is 1.20 bits per heavy atom. The fourth-order valence-electron chi connectivity index (χ4n) is 2.08. The van der Waals surface area contributed by atoms with Crippen LogP contribution in [0.1, 0.15) is 37.3 Å². The lowest BCUT2D eigenvalue weighted by Gasteiger charge is -2.18. The van der Waals surface area contributed by atoms with Crippen molar-refractivity contribution in [2.45, 2.75) is 26.0 Å². The molecule has 0 radical (unpaired) electrons. The highest BCUT2D eigenvalue weighted by molar-refractivity contribution is 6.34. The van der Waals surface area contributed by atoms with Crippen LogP contribution in [0.3, 0.4) is 0 Å². The zero-order valence-electron chi connectivity index (χ0n) is 11.5. The van der Waals surface area contributed by atoms with E-state index < -0.39 is 6.10 Å². The van der Waals surface area contributed by atoms with Gasteiger partial charge in [-0.15, -0.1) is 0 Å². The van der Waals surface area contributed by atoms with Crippen molar-refractivity contribution in [3.8, 4) is 5.75 Å². The highest BCUT2D eigenvalue weighted by Gasteiger charge is 2.23. The summed E-state index contributed by atoms with van der Waals surface area (Å²) in [4.78, 5) is 0. The molecule has 0 aliphatic rings. The van der Waals surface area contributed by atoms with E-state index in [1.54, 1.807) is 36.2 Å². The van der Waals surface area contributed by atoms with Gasteiger partial charge in [0, 0.05) is 16.1 Å². The van der Waals surface area contributed by atoms with Gasteiger partial charge in [-0.2, -0.15) is 5.10 Å². The van der Waals surface area contributed by atoms with Crippen molar-refractivity contribution >= 4 is 23.2 Å². The van der Waals surface area contributed by atoms with E-state index in [2.05, 4.69) is 5.10 Å². The van der Waals surface area contributed by atoms with E-state index >= 15 is 0 Å². The molecule has 108 valence electrons. The van der Waals surface area contributed by atoms with Gasteiger partial charge in [0.15, 0.2) is 5.75 Å². The maximum Gasteiger partial charge on any atom is 0.163 e. The third-order valence-electron chi connectivity index (χ3n) is 2.97. The van der Waals surface area contributed by atoms with Gasteiger partial charge in [-0.25, -0.2) is 0 Å². The molecule has 20 heavy (non-hydrogen) atoms. The lowest BCUT2D eigenvalue weighted by atomic mass is 10.1. The van der Waals surface area contributed by atoms with E-state index in [4.69, 9.17) is 27.9 Å². The van der Waals surface area contributed by atoms with Gasteiger partial charge in [0.05, 0.1) is 13.3 Å². The lowest BCUT2D eigenvalue weighted by Crippen LogP contribution is -2.13. The largest absolute Gasteiger partial charge is 0.493 e. The predicted molar refractivity (Wildman–Crippen MR) is 79.7 cm³/mol. The number of halogens is 2. The van der Waals surface area contributed by atoms with Crippen LogP contribution in [0, 0.1) is 0 Å². The Bertz CT molecular complexity index is 591. The van der Waals surface area contributed by atoms with E-state index in [0.717, 1.165) is 0 Å². The smallest absolute Gasteiger partial charge is 0.163 e. The Balaban J connectivity index is 2.51. The third kappa shape index (κ3) is 2.92. The molecule has 0 aliphatic heterocycles. The van der Waals surface area contributed by atoms with Crippen LogP contribution in [-0.2, 0) is 0 Å². The minimum atomic E-state index is -0.911. The van der Waals surface area contributed by atoms with Crippen LogP contribution in [0.15, 0.2) is 24.4 Å². The number of aromatic nitrogens is 2. The summed E-state index contributed by atoms with van der Waals surface area (Å²) in [5, 5.41) is 15.8. The topological polar surface area (TPSA) is 47.3 Å². The number of methoxy groups -OCH3 is 1. The Hall–Kier alpha value is -1.23. The minimum Gasteiger partial charge on any atom is -0.493 e. The van der Waals surface area contributed by atoms with Crippen LogP contribution < -0.4 is 4.74 Å². The number of benzene rings is 1. The second kappa shape index (κ2) is 6.04. The molecule has 0 saturated heterocycles. The molecule has 0 bridgehead atoms. The number of aliphatic hydroxyl groups excluding tert-OH is 1. The first-order valence-corrected chi connectivity index (χ1v) is 6.95. The standard InChI is InChI=1S/C14H16Cl2N2O2/c1-8(2)18-13(12(20-3)7-17-18)14(19)9-4-10(15)6-11(16)5-9/h4-8,14,19H,1-3H3. The molecular formula is C14H16Cl2N2O2. The van der Waals surface area contributed by atoms with Crippen molar-refractivity contribution < 1.29 is 9.84 Å². The van der Waals surface area contributed by atoms with Crippen molar-refractivity contribution in [2.75, 3.05) is 7.11 Å². The molecule has 6 heteroatoms. The molecule has 0 saturated carbocycles. The van der Waals surface area contributed by atoms with Crippen LogP contribution in [0.5, 0.6) is 5.75 Å². The summed E-state index contributed by atoms with van der Waals surface area (Å²) in [5.41, 5.74) is 1.18. The van der Waals surface area contributed by atoms with E-state index in [1.165, 1.54) is 0 Å². The summed E-state index contributed by atoms with van der Waals surface area (Å²) in [7, 11) is 1.54. The molecule has 1 atom stereocenters. The maximum atomic E-state index is 10.6. The first-order chi connectivity index (χ1) is 9.43. The summed E-state index contributed by atoms with van der Waals surface area (Å²) in [6, 6.07) is 5.07. The van der Waals surface area contributed by atoms with Crippen LogP contribution in [0.25, 0.3) is 0 Å². The molecule has 2 aromatic rings. The molecule has 0 amide bonds. The van der Waals surface area contributed by atoms with Gasteiger partial charge in [0.1, 0.15) is 11.8 Å². The SMILES string of the molecule is COc1cnn(C(C)C)c1C(O)c1cc(Cl)cc(Cl)c1. The van der Waals surface area contributed by atoms with E-state index in [9.17, 15) is 5.11 Å². The first-order valence-electron chi connectivity index (χ1n) is 6.19. The molecule has 2 rings (SSSR count). The molecule has 4 nitrogen and oxygen atoms in total. The molecule has 1 aromatic heterocycles. The molecule has 0 spiro atoms. The number of hydrogen-bond acceptors (Lipinski definition) is 3. The van der Waals surface area contributed by atoms with Crippen LogP contribution in [0.2, 0.25) is 10.0 Å². The van der Waals surface area contributed by atoms with Gasteiger partial charge < -0.3 is 9.84 Å². The number of rotatable bonds is 4. The van der Waals surface area contributed by atoms with Crippen LogP contribution in [0.4, 0.5) is 0 Å². The Morgan fingerprint density at radius 3 is 2.30 bits per heavy atom. The molecule has 1 aromatic carbocycles. The Morgan fingerprint density at radius 2 is 1.80 bits per heavy atom. The fraction of sp³-hybridized carbons (Fsp3) is 0.357. The van der Waals surface area contributed by atoms with Gasteiger partial charge in [0.2, 0.25) is 0 Å². The maximum absolute atomic E-state index is 10.6. The average molecular weight is 315 g/mol. The van der Waals surface area contributed by atoms with Gasteiger partial charge in [-0.3, -0.25) is 4.68 Å². The summed E-state index contributed by atoms with van der Waals surface area (Å²) in [6.45, 7) is 3.96. The Labute approximate surface area is 127 Å². The number of ether oxygens (including phenoxy) is 1. The third-order valence-corrected chi connectivity index (χ3v) is 3.40. The highest BCUT2D eigenvalue weighted by atomic mass is 35.5. The summed E-state index contributed by atoms with van der Waals surface area (Å²) >= 11 is 12.0. The predicted octanol–water partition coefficient (Wildman–Crippen LogP) is 3.86. The average Bonchev–Trinajstić information content (AvgIpc) is 2.80. The monoisotopic (exact) mass is 314 g/mol. The molecule has 0 aliphatic carbocycles. The number of hydrogen-bond donors (Lipinski definition) is 1. The molecule has 0 fully saturated rings. The van der Waals surface area contributed by atoms with Gasteiger partial charge in [-0.05, 0) is 37.6 Å². The molecule has 1 N–H and O–H groups in total. The number of aliphatic hydroxyl groups is 1. The van der Waals surface area contributed by atoms with Crippen molar-refractivity contribution in [2.24, 2.45) is 0 Å². The minimum absolute atomic E-state index is 0.0956. The van der Waals surface area contributed by atoms with Crippen molar-refractivity contribution in [1.82, 2.24) is 9.78 Å². The summed E-state index contributed by atoms with van der Waals surface area (Å²) in [5.74, 6) is 0.530. The van der Waals surface area contributed by atoms with Crippen molar-refractivity contribution in [1.29, 1.82) is 0 Å². The van der Waals surface area contributed by atoms with E-state index in [-0.39, 0.29) is 6.04 Å². The molecule has 1 heterocycles. The highest BCUT2D eigenvalue weighted by Crippen LogP contribution is 2.33. The van der Waals surface area contributed by atoms with E-state index in [1.807, 2.05) is 13.8 Å². The normalized spacial score (nSPS) is 12.8. The molecule has 1 unspecified atom stereocenters. The van der Waals surface area contributed by atoms with Gasteiger partial charge >= 0.3 is 0 Å². The Kier molecular flexibility index (Phi) is 4.58. The lowest BCUT2D eigenvalue weighted by molar-refractivity contribution is 0.199. The van der Waals surface area contributed by atoms with Crippen LogP contribution >= 0.6 is 23.2 Å². The quantitative estimate of drug-likeness (QED) is 0.932. The zero-order valence-corrected chi connectivity index (χ0v) is 13.0. The zero-order chi connectivity index (χ0) is 14.9. The first kappa shape index (κ1) is 15.2. The van der Waals surface area contributed by atoms with Crippen molar-refractivity contribution in [3.63, 3.8) is 0 Å². The van der Waals surface area contributed by atoms with Gasteiger partial charge in [-0.1, -0.05) is 23.2 Å². The van der Waals surface area contributed by atoms with Crippen molar-refractivity contribution in [3.05, 3.63) is 45.7 Å². The second-order valence-electron chi connectivity index (χ2n) is 4.74. The van der Waals surface area contributed by atoms with Crippen LogP contribution in [-0.4, -0.2) is 22.0 Å². The number of nitrogens with zero attached hydrogens (tertiary/aromatic N) is 2. The summed E-state index contributed by atoms with van der Waals surface area (Å²) < 4.78 is 6.99. The second-order valence-corrected chi connectivity index (χ2v) is 5.61. The van der Waals surface area contributed by atoms with E-state index in [0.29, 0.717) is 27.1 Å².